The number of nitrogens with zero attached hydrogens (tertiary/aromatic N) is 3. The molecule has 0 saturated carbocycles. The van der Waals surface area contributed by atoms with Crippen molar-refractivity contribution < 1.29 is 14.3 Å². The third-order valence-electron chi connectivity index (χ3n) is 4.31. The number of nitrogens with one attached hydrogen (secondary N) is 2. The molecule has 2 N–H and O–H groups in total. The summed E-state index contributed by atoms with van der Waals surface area (Å²) in [4.78, 5) is 29.4. The largest absolute Gasteiger partial charge is 0.495 e. The van der Waals surface area contributed by atoms with E-state index in [1.807, 2.05) is 30.3 Å². The molecular formula is C19H16ClN5O3. The minimum absolute atomic E-state index is 0.0562. The minimum atomic E-state index is -0.850. The van der Waals surface area contributed by atoms with Crippen molar-refractivity contribution >= 4 is 35.1 Å². The molecule has 1 aromatic heterocycles. The van der Waals surface area contributed by atoms with Crippen LogP contribution >= 0.6 is 11.6 Å². The molecule has 1 aliphatic heterocycles. The van der Waals surface area contributed by atoms with E-state index in [9.17, 15) is 9.59 Å². The van der Waals surface area contributed by atoms with Crippen LogP contribution < -0.4 is 15.4 Å². The molecule has 0 radical (unpaired) electrons. The van der Waals surface area contributed by atoms with E-state index in [0.717, 1.165) is 5.56 Å². The van der Waals surface area contributed by atoms with E-state index in [1.54, 1.807) is 18.2 Å². The summed E-state index contributed by atoms with van der Waals surface area (Å²) in [5, 5.41) is 10.3. The molecule has 0 fully saturated rings. The maximum Gasteiger partial charge on any atom is 0.250 e. The number of amides is 2. The molecular weight excluding hydrogens is 382 g/mol. The van der Waals surface area contributed by atoms with Crippen LogP contribution in [0.5, 0.6) is 5.75 Å². The second kappa shape index (κ2) is 7.32. The van der Waals surface area contributed by atoms with Crippen molar-refractivity contribution in [2.24, 2.45) is 0 Å². The highest BCUT2D eigenvalue weighted by atomic mass is 35.5. The van der Waals surface area contributed by atoms with Crippen LogP contribution in [0, 0.1) is 0 Å². The number of ether oxygens (including phenoxy) is 1. The van der Waals surface area contributed by atoms with Crippen molar-refractivity contribution in [1.29, 1.82) is 0 Å². The predicted octanol–water partition coefficient (Wildman–Crippen LogP) is 3.13. The van der Waals surface area contributed by atoms with Crippen LogP contribution in [0.15, 0.2) is 48.5 Å². The Labute approximate surface area is 165 Å². The number of methoxy groups -OCH3 is 1. The number of anilines is 2. The number of carbonyl (C=O) groups excluding carboxylic acids is 2. The van der Waals surface area contributed by atoms with Gasteiger partial charge in [0.2, 0.25) is 17.8 Å². The van der Waals surface area contributed by atoms with Gasteiger partial charge in [-0.1, -0.05) is 41.9 Å². The molecule has 0 spiro atoms. The molecule has 0 bridgehead atoms. The second-order valence-corrected chi connectivity index (χ2v) is 6.61. The first-order chi connectivity index (χ1) is 13.5. The molecule has 3 aromatic rings. The van der Waals surface area contributed by atoms with E-state index >= 15 is 0 Å². The third-order valence-corrected chi connectivity index (χ3v) is 4.55. The number of hydrogen-bond donors (Lipinski definition) is 2. The van der Waals surface area contributed by atoms with Gasteiger partial charge in [-0.3, -0.25) is 14.9 Å². The SMILES string of the molecule is COc1ccc(Cl)cc1NC(=O)[C@H]1CC(=O)Nc2nc(-c3ccccc3)nn21. The molecule has 0 saturated heterocycles. The summed E-state index contributed by atoms with van der Waals surface area (Å²) in [6.45, 7) is 0. The zero-order valence-corrected chi connectivity index (χ0v) is 15.6. The van der Waals surface area contributed by atoms with Gasteiger partial charge in [0.05, 0.1) is 19.2 Å². The number of benzene rings is 2. The van der Waals surface area contributed by atoms with Crippen molar-refractivity contribution in [2.75, 3.05) is 17.7 Å². The normalized spacial score (nSPS) is 15.5. The second-order valence-electron chi connectivity index (χ2n) is 6.17. The maximum absolute atomic E-state index is 12.9. The average molecular weight is 398 g/mol. The quantitative estimate of drug-likeness (QED) is 0.704. The molecule has 142 valence electrons. The fourth-order valence-corrected chi connectivity index (χ4v) is 3.14. The lowest BCUT2D eigenvalue weighted by Crippen LogP contribution is -2.36. The van der Waals surface area contributed by atoms with Crippen LogP contribution in [0.3, 0.4) is 0 Å². The average Bonchev–Trinajstić information content (AvgIpc) is 3.12. The molecule has 28 heavy (non-hydrogen) atoms. The van der Waals surface area contributed by atoms with Crippen molar-refractivity contribution in [1.82, 2.24) is 14.8 Å². The molecule has 9 heteroatoms. The van der Waals surface area contributed by atoms with Gasteiger partial charge in [0.1, 0.15) is 11.8 Å². The predicted molar refractivity (Wildman–Crippen MR) is 104 cm³/mol. The van der Waals surface area contributed by atoms with Crippen molar-refractivity contribution in [3.63, 3.8) is 0 Å². The number of carbonyl (C=O) groups is 2. The summed E-state index contributed by atoms with van der Waals surface area (Å²) in [5.41, 5.74) is 1.20. The molecule has 1 aliphatic rings. The topological polar surface area (TPSA) is 98.1 Å². The summed E-state index contributed by atoms with van der Waals surface area (Å²) in [6.07, 6.45) is -0.0562. The van der Waals surface area contributed by atoms with Crippen LogP contribution in [0.25, 0.3) is 11.4 Å². The van der Waals surface area contributed by atoms with Gasteiger partial charge < -0.3 is 10.1 Å². The summed E-state index contributed by atoms with van der Waals surface area (Å²) in [7, 11) is 1.49. The maximum atomic E-state index is 12.9. The highest BCUT2D eigenvalue weighted by molar-refractivity contribution is 6.31. The van der Waals surface area contributed by atoms with Crippen molar-refractivity contribution in [3.05, 3.63) is 53.6 Å². The summed E-state index contributed by atoms with van der Waals surface area (Å²) in [6, 6.07) is 13.4. The van der Waals surface area contributed by atoms with Crippen molar-refractivity contribution in [2.45, 2.75) is 12.5 Å². The van der Waals surface area contributed by atoms with Crippen molar-refractivity contribution in [3.8, 4) is 17.1 Å². The van der Waals surface area contributed by atoms with E-state index in [1.165, 1.54) is 11.8 Å². The van der Waals surface area contributed by atoms with E-state index in [4.69, 9.17) is 16.3 Å². The van der Waals surface area contributed by atoms with E-state index in [-0.39, 0.29) is 18.3 Å². The first-order valence-corrected chi connectivity index (χ1v) is 8.89. The van der Waals surface area contributed by atoms with Gasteiger partial charge in [-0.15, -0.1) is 5.10 Å². The van der Waals surface area contributed by atoms with Crippen LogP contribution in [-0.2, 0) is 9.59 Å². The summed E-state index contributed by atoms with van der Waals surface area (Å²) < 4.78 is 6.68. The van der Waals surface area contributed by atoms with Gasteiger partial charge in [-0.25, -0.2) is 4.68 Å². The highest BCUT2D eigenvalue weighted by Crippen LogP contribution is 2.31. The number of halogens is 1. The minimum Gasteiger partial charge on any atom is -0.495 e. The first kappa shape index (κ1) is 18.0. The Bertz CT molecular complexity index is 1050. The van der Waals surface area contributed by atoms with Crippen LogP contribution in [0.1, 0.15) is 12.5 Å². The Morgan fingerprint density at radius 1 is 1.29 bits per heavy atom. The fraction of sp³-hybridized carbons (Fsp3) is 0.158. The highest BCUT2D eigenvalue weighted by Gasteiger charge is 2.33. The molecule has 4 rings (SSSR count). The Morgan fingerprint density at radius 3 is 2.82 bits per heavy atom. The van der Waals surface area contributed by atoms with Gasteiger partial charge >= 0.3 is 0 Å². The lowest BCUT2D eigenvalue weighted by molar-refractivity contribution is -0.125. The summed E-state index contributed by atoms with van der Waals surface area (Å²) in [5.74, 6) is 0.393. The van der Waals surface area contributed by atoms with E-state index in [2.05, 4.69) is 20.7 Å². The zero-order valence-electron chi connectivity index (χ0n) is 14.8. The number of rotatable bonds is 4. The van der Waals surface area contributed by atoms with Gasteiger partial charge in [0.25, 0.3) is 0 Å². The Morgan fingerprint density at radius 2 is 2.07 bits per heavy atom. The molecule has 2 heterocycles. The third kappa shape index (κ3) is 3.41. The first-order valence-electron chi connectivity index (χ1n) is 8.51. The molecule has 1 atom stereocenters. The standard InChI is InChI=1S/C19H16ClN5O3/c1-28-15-8-7-12(20)9-13(15)21-18(27)14-10-16(26)22-19-23-17(24-25(14)19)11-5-3-2-4-6-11/h2-9,14H,10H2,1H3,(H,21,27)(H,22,23,24,26)/t14-/m1/s1. The smallest absolute Gasteiger partial charge is 0.250 e. The Balaban J connectivity index is 1.66. The zero-order chi connectivity index (χ0) is 19.7. The number of fused-ring (bicyclic) bond motifs is 1. The number of aromatic nitrogens is 3. The molecule has 0 aliphatic carbocycles. The lowest BCUT2D eigenvalue weighted by Gasteiger charge is -2.22. The molecule has 8 nitrogen and oxygen atoms in total. The van der Waals surface area contributed by atoms with Gasteiger partial charge in [-0.2, -0.15) is 4.98 Å². The van der Waals surface area contributed by atoms with Gasteiger partial charge in [0, 0.05) is 10.6 Å². The summed E-state index contributed by atoms with van der Waals surface area (Å²) >= 11 is 6.02. The molecule has 0 unspecified atom stereocenters. The van der Waals surface area contributed by atoms with E-state index < -0.39 is 11.9 Å². The monoisotopic (exact) mass is 397 g/mol. The van der Waals surface area contributed by atoms with Crippen LogP contribution in [-0.4, -0.2) is 33.7 Å². The molecule has 2 amide bonds. The Kier molecular flexibility index (Phi) is 4.70. The van der Waals surface area contributed by atoms with E-state index in [0.29, 0.717) is 22.3 Å². The lowest BCUT2D eigenvalue weighted by atomic mass is 10.1. The number of hydrogen-bond acceptors (Lipinski definition) is 5. The molecule has 2 aromatic carbocycles. The Hall–Kier alpha value is -3.39. The fourth-order valence-electron chi connectivity index (χ4n) is 2.97. The van der Waals surface area contributed by atoms with Crippen LogP contribution in [0.2, 0.25) is 5.02 Å². The van der Waals surface area contributed by atoms with Gasteiger partial charge in [0.15, 0.2) is 5.82 Å². The van der Waals surface area contributed by atoms with Gasteiger partial charge in [-0.05, 0) is 18.2 Å². The van der Waals surface area contributed by atoms with Crippen LogP contribution in [0.4, 0.5) is 11.6 Å².